The molecule has 0 amide bonds. The molecule has 0 aliphatic heterocycles. The lowest BCUT2D eigenvalue weighted by Crippen LogP contribution is -2.20. The normalized spacial score (nSPS) is 11.2. The topological polar surface area (TPSA) is 26.3 Å². The van der Waals surface area contributed by atoms with E-state index in [1.165, 1.54) is 6.07 Å². The molecule has 5 heteroatoms. The highest BCUT2D eigenvalue weighted by Gasteiger charge is 2.29. The molecule has 0 heterocycles. The largest absolute Gasteiger partial charge is 0.452 e. The summed E-state index contributed by atoms with van der Waals surface area (Å²) in [6, 6.07) is 6.31. The van der Waals surface area contributed by atoms with Crippen LogP contribution in [0.15, 0.2) is 24.3 Å². The number of hydrogen-bond acceptors (Lipinski definition) is 2. The second kappa shape index (κ2) is 4.33. The summed E-state index contributed by atoms with van der Waals surface area (Å²) in [6.45, 7) is 0.0738. The fourth-order valence-electron chi connectivity index (χ4n) is 1.03. The van der Waals surface area contributed by atoms with Gasteiger partial charge in [0.15, 0.2) is 6.61 Å². The monoisotopic (exact) mass is 218 g/mol. The van der Waals surface area contributed by atoms with Gasteiger partial charge < -0.3 is 4.74 Å². The van der Waals surface area contributed by atoms with Crippen molar-refractivity contribution in [2.75, 3.05) is 6.61 Å². The molecule has 0 aromatic heterocycles. The third-order valence-electron chi connectivity index (χ3n) is 1.73. The summed E-state index contributed by atoms with van der Waals surface area (Å²) in [5.41, 5.74) is 0.742. The molecule has 2 nitrogen and oxygen atoms in total. The molecular formula is C10H9F3O2. The maximum atomic E-state index is 11.8. The number of hydrogen-bond donors (Lipinski definition) is 0. The summed E-state index contributed by atoms with van der Waals surface area (Å²) in [4.78, 5) is 11.2. The van der Waals surface area contributed by atoms with Gasteiger partial charge in [-0.05, 0) is 18.6 Å². The molecule has 0 radical (unpaired) electrons. The van der Waals surface area contributed by atoms with Gasteiger partial charge in [0.2, 0.25) is 0 Å². The van der Waals surface area contributed by atoms with E-state index in [9.17, 15) is 18.0 Å². The predicted molar refractivity (Wildman–Crippen MR) is 47.5 cm³/mol. The van der Waals surface area contributed by atoms with Gasteiger partial charge in [-0.1, -0.05) is 18.2 Å². The van der Waals surface area contributed by atoms with E-state index in [0.29, 0.717) is 5.56 Å². The van der Waals surface area contributed by atoms with Crippen LogP contribution >= 0.6 is 0 Å². The number of esters is 1. The van der Waals surface area contributed by atoms with Gasteiger partial charge in [-0.2, -0.15) is 13.2 Å². The highest BCUT2D eigenvalue weighted by atomic mass is 19.4. The molecule has 0 fully saturated rings. The lowest BCUT2D eigenvalue weighted by atomic mass is 10.1. The zero-order valence-electron chi connectivity index (χ0n) is 7.97. The first-order chi connectivity index (χ1) is 6.90. The summed E-state index contributed by atoms with van der Waals surface area (Å²) in [6.07, 6.45) is -4.49. The summed E-state index contributed by atoms with van der Waals surface area (Å²) in [5.74, 6) is -0.953. The molecule has 1 rings (SSSR count). The van der Waals surface area contributed by atoms with Crippen molar-refractivity contribution in [1.82, 2.24) is 0 Å². The Labute approximate surface area is 84.7 Å². The second-order valence-corrected chi connectivity index (χ2v) is 3.01. The third kappa shape index (κ3) is 3.61. The average molecular weight is 218 g/mol. The first-order valence-electron chi connectivity index (χ1n) is 4.19. The molecule has 0 N–H and O–H groups in total. The van der Waals surface area contributed by atoms with Crippen molar-refractivity contribution >= 4 is 5.97 Å². The molecule has 0 saturated heterocycles. The predicted octanol–water partition coefficient (Wildman–Crippen LogP) is 2.71. The van der Waals surface area contributed by atoms with Gasteiger partial charge in [-0.3, -0.25) is 0 Å². The molecule has 1 aromatic carbocycles. The minimum absolute atomic E-state index is 0.154. The Balaban J connectivity index is 2.66. The summed E-state index contributed by atoms with van der Waals surface area (Å²) in [5, 5.41) is 0. The van der Waals surface area contributed by atoms with Crippen LogP contribution in [0.1, 0.15) is 15.9 Å². The van der Waals surface area contributed by atoms with Crippen LogP contribution < -0.4 is 0 Å². The Morgan fingerprint density at radius 3 is 2.47 bits per heavy atom. The summed E-state index contributed by atoms with van der Waals surface area (Å²) < 4.78 is 39.4. The number of halogens is 3. The zero-order valence-corrected chi connectivity index (χ0v) is 7.97. The van der Waals surface area contributed by atoms with E-state index in [1.807, 2.05) is 0 Å². The van der Waals surface area contributed by atoms with Crippen molar-refractivity contribution in [3.05, 3.63) is 35.4 Å². The van der Waals surface area contributed by atoms with E-state index in [4.69, 9.17) is 0 Å². The average Bonchev–Trinajstić information content (AvgIpc) is 2.14. The van der Waals surface area contributed by atoms with Crippen LogP contribution in [0.5, 0.6) is 0 Å². The van der Waals surface area contributed by atoms with Crippen LogP contribution in [0.25, 0.3) is 0 Å². The van der Waals surface area contributed by atoms with Crippen molar-refractivity contribution in [3.8, 4) is 0 Å². The van der Waals surface area contributed by atoms with E-state index in [2.05, 4.69) is 4.74 Å². The molecule has 0 atom stereocenters. The third-order valence-corrected chi connectivity index (χ3v) is 1.73. The van der Waals surface area contributed by atoms with Gasteiger partial charge in [-0.15, -0.1) is 0 Å². The molecular weight excluding hydrogens is 209 g/mol. The van der Waals surface area contributed by atoms with E-state index in [0.717, 1.165) is 0 Å². The van der Waals surface area contributed by atoms with Crippen LogP contribution in [-0.4, -0.2) is 18.8 Å². The molecule has 0 bridgehead atoms. The van der Waals surface area contributed by atoms with Crippen molar-refractivity contribution in [3.63, 3.8) is 0 Å². The van der Waals surface area contributed by atoms with Crippen LogP contribution in [-0.2, 0) is 4.74 Å². The smallest absolute Gasteiger partial charge is 0.422 e. The minimum atomic E-state index is -4.49. The van der Waals surface area contributed by atoms with Gasteiger partial charge >= 0.3 is 12.1 Å². The SMILES string of the molecule is Cc1ccccc1C(=O)OCC(F)(F)F. The number of rotatable bonds is 2. The van der Waals surface area contributed by atoms with Crippen LogP contribution in [0.4, 0.5) is 13.2 Å². The second-order valence-electron chi connectivity index (χ2n) is 3.01. The molecule has 0 aliphatic carbocycles. The van der Waals surface area contributed by atoms with Crippen molar-refractivity contribution in [2.24, 2.45) is 0 Å². The van der Waals surface area contributed by atoms with Crippen LogP contribution in [0.2, 0.25) is 0 Å². The summed E-state index contributed by atoms with van der Waals surface area (Å²) in [7, 11) is 0. The minimum Gasteiger partial charge on any atom is -0.452 e. The number of aryl methyl sites for hydroxylation is 1. The highest BCUT2D eigenvalue weighted by Crippen LogP contribution is 2.16. The highest BCUT2D eigenvalue weighted by molar-refractivity contribution is 5.90. The fourth-order valence-corrected chi connectivity index (χ4v) is 1.03. The lowest BCUT2D eigenvalue weighted by molar-refractivity contribution is -0.161. The molecule has 0 saturated carbocycles. The van der Waals surface area contributed by atoms with Crippen molar-refractivity contribution in [2.45, 2.75) is 13.1 Å². The molecule has 0 aliphatic rings. The lowest BCUT2D eigenvalue weighted by Gasteiger charge is -2.08. The van der Waals surface area contributed by atoms with Gasteiger partial charge in [0.25, 0.3) is 0 Å². The summed E-state index contributed by atoms with van der Waals surface area (Å²) >= 11 is 0. The van der Waals surface area contributed by atoms with Gasteiger partial charge in [0, 0.05) is 0 Å². The first-order valence-corrected chi connectivity index (χ1v) is 4.19. The van der Waals surface area contributed by atoms with Crippen LogP contribution in [0.3, 0.4) is 0 Å². The standard InChI is InChI=1S/C10H9F3O2/c1-7-4-2-3-5-8(7)9(14)15-6-10(11,12)13/h2-5H,6H2,1H3. The zero-order chi connectivity index (χ0) is 11.5. The van der Waals surface area contributed by atoms with Gasteiger partial charge in [-0.25, -0.2) is 4.79 Å². The maximum absolute atomic E-state index is 11.8. The molecule has 0 spiro atoms. The van der Waals surface area contributed by atoms with Crippen molar-refractivity contribution < 1.29 is 22.7 Å². The van der Waals surface area contributed by atoms with Gasteiger partial charge in [0.05, 0.1) is 5.56 Å². The Morgan fingerprint density at radius 2 is 1.93 bits per heavy atom. The van der Waals surface area contributed by atoms with E-state index < -0.39 is 18.8 Å². The molecule has 0 unspecified atom stereocenters. The Kier molecular flexibility index (Phi) is 3.34. The molecule has 1 aromatic rings. The maximum Gasteiger partial charge on any atom is 0.422 e. The molecule has 82 valence electrons. The van der Waals surface area contributed by atoms with Crippen molar-refractivity contribution in [1.29, 1.82) is 0 Å². The Bertz CT molecular complexity index is 358. The van der Waals surface area contributed by atoms with Gasteiger partial charge in [0.1, 0.15) is 0 Å². The number of benzene rings is 1. The Morgan fingerprint density at radius 1 is 1.33 bits per heavy atom. The number of carbonyl (C=O) groups is 1. The number of alkyl halides is 3. The van der Waals surface area contributed by atoms with Crippen LogP contribution in [0, 0.1) is 6.92 Å². The number of carbonyl (C=O) groups excluding carboxylic acids is 1. The quantitative estimate of drug-likeness (QED) is 0.713. The fraction of sp³-hybridized carbons (Fsp3) is 0.300. The molecule has 15 heavy (non-hydrogen) atoms. The number of ether oxygens (including phenoxy) is 1. The first kappa shape index (κ1) is 11.6. The van der Waals surface area contributed by atoms with E-state index in [-0.39, 0.29) is 5.56 Å². The van der Waals surface area contributed by atoms with E-state index >= 15 is 0 Å². The Hall–Kier alpha value is -1.52. The van der Waals surface area contributed by atoms with E-state index in [1.54, 1.807) is 25.1 Å².